The Morgan fingerprint density at radius 2 is 2.04 bits per heavy atom. The lowest BCUT2D eigenvalue weighted by Crippen LogP contribution is -2.50. The van der Waals surface area contributed by atoms with E-state index in [9.17, 15) is 14.7 Å². The monoisotopic (exact) mass is 342 g/mol. The summed E-state index contributed by atoms with van der Waals surface area (Å²) in [5.41, 5.74) is 2.28. The molecule has 7 heteroatoms. The predicted octanol–water partition coefficient (Wildman–Crippen LogP) is 0.244. The molecule has 0 aliphatic carbocycles. The third kappa shape index (κ3) is 2.73. The van der Waals surface area contributed by atoms with Crippen molar-refractivity contribution in [3.05, 3.63) is 35.7 Å². The van der Waals surface area contributed by atoms with Gasteiger partial charge in [0.25, 0.3) is 0 Å². The van der Waals surface area contributed by atoms with E-state index in [1.54, 1.807) is 0 Å². The Labute approximate surface area is 146 Å². The second kappa shape index (κ2) is 5.93. The standard InChI is InChI=1S/C18H22N4O3/c1-11-12-2-4-15(18(25)6-8-19-9-7-18)20-13(12)10-22(11)14-3-5-16(23)21-17(14)24/h2,4,14,19,25H,1,3,5-10H2,(H,21,23,24). The second-order valence-corrected chi connectivity index (χ2v) is 7.01. The molecule has 0 aromatic carbocycles. The predicted molar refractivity (Wildman–Crippen MR) is 91.0 cm³/mol. The number of aliphatic hydroxyl groups is 1. The van der Waals surface area contributed by atoms with Crippen LogP contribution in [-0.2, 0) is 21.7 Å². The minimum absolute atomic E-state index is 0.225. The number of nitrogens with one attached hydrogen (secondary N) is 2. The zero-order chi connectivity index (χ0) is 17.6. The maximum Gasteiger partial charge on any atom is 0.249 e. The number of amides is 2. The molecule has 3 N–H and O–H groups in total. The van der Waals surface area contributed by atoms with Crippen LogP contribution in [0, 0.1) is 0 Å². The number of hydrogen-bond donors (Lipinski definition) is 3. The van der Waals surface area contributed by atoms with E-state index in [0.29, 0.717) is 37.9 Å². The van der Waals surface area contributed by atoms with E-state index in [-0.39, 0.29) is 11.8 Å². The first-order valence-corrected chi connectivity index (χ1v) is 8.71. The van der Waals surface area contributed by atoms with Gasteiger partial charge >= 0.3 is 0 Å². The minimum Gasteiger partial charge on any atom is -0.383 e. The van der Waals surface area contributed by atoms with Crippen LogP contribution < -0.4 is 10.6 Å². The van der Waals surface area contributed by atoms with Gasteiger partial charge in [0.15, 0.2) is 0 Å². The molecule has 2 fully saturated rings. The zero-order valence-corrected chi connectivity index (χ0v) is 14.0. The van der Waals surface area contributed by atoms with Crippen LogP contribution in [0.15, 0.2) is 18.7 Å². The average Bonchev–Trinajstić information content (AvgIpc) is 2.92. The normalized spacial score (nSPS) is 25.7. The summed E-state index contributed by atoms with van der Waals surface area (Å²) in [6, 6.07) is 3.40. The Bertz CT molecular complexity index is 755. The highest BCUT2D eigenvalue weighted by molar-refractivity contribution is 6.01. The lowest BCUT2D eigenvalue weighted by atomic mass is 9.88. The SMILES string of the molecule is C=C1c2ccc(C3(O)CCNCC3)nc2CN1C1CCC(=O)NC1=O. The van der Waals surface area contributed by atoms with Gasteiger partial charge in [0, 0.05) is 17.7 Å². The molecule has 4 rings (SSSR count). The van der Waals surface area contributed by atoms with E-state index >= 15 is 0 Å². The number of piperidine rings is 2. The Morgan fingerprint density at radius 1 is 1.28 bits per heavy atom. The van der Waals surface area contributed by atoms with Crippen LogP contribution in [0.5, 0.6) is 0 Å². The number of hydrogen-bond acceptors (Lipinski definition) is 6. The fraction of sp³-hybridized carbons (Fsp3) is 0.500. The summed E-state index contributed by atoms with van der Waals surface area (Å²) < 4.78 is 0. The van der Waals surface area contributed by atoms with Gasteiger partial charge in [-0.1, -0.05) is 6.58 Å². The van der Waals surface area contributed by atoms with Crippen molar-refractivity contribution in [2.24, 2.45) is 0 Å². The van der Waals surface area contributed by atoms with Crippen molar-refractivity contribution in [2.45, 2.75) is 43.9 Å². The molecule has 0 saturated carbocycles. The molecule has 2 amide bonds. The smallest absolute Gasteiger partial charge is 0.249 e. The highest BCUT2D eigenvalue weighted by Crippen LogP contribution is 2.37. The molecule has 132 valence electrons. The summed E-state index contributed by atoms with van der Waals surface area (Å²) >= 11 is 0. The lowest BCUT2D eigenvalue weighted by molar-refractivity contribution is -0.136. The topological polar surface area (TPSA) is 94.6 Å². The zero-order valence-electron chi connectivity index (χ0n) is 14.0. The fourth-order valence-corrected chi connectivity index (χ4v) is 3.93. The Morgan fingerprint density at radius 3 is 2.76 bits per heavy atom. The summed E-state index contributed by atoms with van der Waals surface area (Å²) in [6.45, 7) is 6.12. The van der Waals surface area contributed by atoms with Crippen molar-refractivity contribution in [2.75, 3.05) is 13.1 Å². The molecule has 3 aliphatic rings. The van der Waals surface area contributed by atoms with E-state index in [2.05, 4.69) is 17.2 Å². The van der Waals surface area contributed by atoms with Crippen LogP contribution in [0.1, 0.15) is 42.6 Å². The molecular weight excluding hydrogens is 320 g/mol. The van der Waals surface area contributed by atoms with Gasteiger partial charge in [-0.25, -0.2) is 0 Å². The summed E-state index contributed by atoms with van der Waals surface area (Å²) in [7, 11) is 0. The second-order valence-electron chi connectivity index (χ2n) is 7.01. The number of carbonyl (C=O) groups excluding carboxylic acids is 2. The lowest BCUT2D eigenvalue weighted by Gasteiger charge is -2.32. The summed E-state index contributed by atoms with van der Waals surface area (Å²) in [6.07, 6.45) is 2.09. The van der Waals surface area contributed by atoms with Crippen molar-refractivity contribution < 1.29 is 14.7 Å². The van der Waals surface area contributed by atoms with Gasteiger partial charge in [0.1, 0.15) is 11.6 Å². The van der Waals surface area contributed by atoms with Gasteiger partial charge in [-0.2, -0.15) is 0 Å². The number of pyridine rings is 1. The van der Waals surface area contributed by atoms with E-state index in [0.717, 1.165) is 30.0 Å². The van der Waals surface area contributed by atoms with E-state index < -0.39 is 11.6 Å². The molecule has 7 nitrogen and oxygen atoms in total. The van der Waals surface area contributed by atoms with Crippen molar-refractivity contribution in [1.82, 2.24) is 20.5 Å². The van der Waals surface area contributed by atoms with Gasteiger partial charge in [-0.3, -0.25) is 19.9 Å². The maximum atomic E-state index is 12.2. The van der Waals surface area contributed by atoms with Gasteiger partial charge in [0.05, 0.1) is 17.9 Å². The third-order valence-corrected chi connectivity index (χ3v) is 5.45. The minimum atomic E-state index is -0.899. The van der Waals surface area contributed by atoms with Crippen LogP contribution in [0.4, 0.5) is 0 Å². The Hall–Kier alpha value is -2.25. The van der Waals surface area contributed by atoms with Gasteiger partial charge in [-0.15, -0.1) is 0 Å². The molecule has 0 bridgehead atoms. The number of rotatable bonds is 2. The molecular formula is C18H22N4O3. The first kappa shape index (κ1) is 16.2. The number of fused-ring (bicyclic) bond motifs is 1. The fourth-order valence-electron chi connectivity index (χ4n) is 3.93. The highest BCUT2D eigenvalue weighted by Gasteiger charge is 2.38. The molecule has 4 heterocycles. The van der Waals surface area contributed by atoms with Crippen molar-refractivity contribution in [3.8, 4) is 0 Å². The molecule has 25 heavy (non-hydrogen) atoms. The molecule has 3 aliphatic heterocycles. The summed E-state index contributed by atoms with van der Waals surface area (Å²) in [5, 5.41) is 16.5. The molecule has 1 aromatic heterocycles. The third-order valence-electron chi connectivity index (χ3n) is 5.45. The highest BCUT2D eigenvalue weighted by atomic mass is 16.3. The Kier molecular flexibility index (Phi) is 3.85. The van der Waals surface area contributed by atoms with E-state index in [1.165, 1.54) is 0 Å². The first-order chi connectivity index (χ1) is 12.0. The van der Waals surface area contributed by atoms with E-state index in [1.807, 2.05) is 17.0 Å². The van der Waals surface area contributed by atoms with Gasteiger partial charge in [-0.05, 0) is 44.5 Å². The largest absolute Gasteiger partial charge is 0.383 e. The molecule has 0 spiro atoms. The number of imide groups is 1. The van der Waals surface area contributed by atoms with Crippen molar-refractivity contribution in [1.29, 1.82) is 0 Å². The quantitative estimate of drug-likeness (QED) is 0.667. The number of nitrogens with zero attached hydrogens (tertiary/aromatic N) is 2. The van der Waals surface area contributed by atoms with Gasteiger partial charge in [0.2, 0.25) is 11.8 Å². The Balaban J connectivity index is 1.59. The molecule has 1 atom stereocenters. The summed E-state index contributed by atoms with van der Waals surface area (Å²) in [5.74, 6) is -0.500. The first-order valence-electron chi connectivity index (χ1n) is 8.71. The molecule has 1 aromatic rings. The van der Waals surface area contributed by atoms with Crippen LogP contribution in [0.25, 0.3) is 5.70 Å². The van der Waals surface area contributed by atoms with E-state index in [4.69, 9.17) is 4.98 Å². The molecule has 0 radical (unpaired) electrons. The van der Waals surface area contributed by atoms with Gasteiger partial charge < -0.3 is 15.3 Å². The van der Waals surface area contributed by atoms with Crippen molar-refractivity contribution in [3.63, 3.8) is 0 Å². The van der Waals surface area contributed by atoms with Crippen LogP contribution in [0.2, 0.25) is 0 Å². The van der Waals surface area contributed by atoms with Crippen LogP contribution in [-0.4, -0.2) is 45.9 Å². The van der Waals surface area contributed by atoms with Crippen LogP contribution >= 0.6 is 0 Å². The van der Waals surface area contributed by atoms with Crippen molar-refractivity contribution >= 4 is 17.5 Å². The average molecular weight is 342 g/mol. The van der Waals surface area contributed by atoms with Crippen LogP contribution in [0.3, 0.4) is 0 Å². The molecule has 1 unspecified atom stereocenters. The summed E-state index contributed by atoms with van der Waals surface area (Å²) in [4.78, 5) is 30.2. The maximum absolute atomic E-state index is 12.2. The number of carbonyl (C=O) groups is 2. The molecule has 2 saturated heterocycles. The number of aromatic nitrogens is 1.